The third kappa shape index (κ3) is 5.02. The molecule has 0 aliphatic carbocycles. The summed E-state index contributed by atoms with van der Waals surface area (Å²) < 4.78 is 5.31. The summed E-state index contributed by atoms with van der Waals surface area (Å²) in [6.45, 7) is 4.69. The minimum Gasteiger partial charge on any atom is -0.495 e. The van der Waals surface area contributed by atoms with E-state index in [9.17, 15) is 4.79 Å². The number of anilines is 2. The van der Waals surface area contributed by atoms with Crippen molar-refractivity contribution in [1.29, 1.82) is 0 Å². The molecule has 0 atom stereocenters. The summed E-state index contributed by atoms with van der Waals surface area (Å²) in [6, 6.07) is 13.9. The molecule has 0 aliphatic rings. The van der Waals surface area contributed by atoms with E-state index in [4.69, 9.17) is 4.74 Å². The molecule has 4 nitrogen and oxygen atoms in total. The van der Waals surface area contributed by atoms with Gasteiger partial charge in [-0.3, -0.25) is 4.79 Å². The van der Waals surface area contributed by atoms with Crippen LogP contribution in [0.3, 0.4) is 0 Å². The molecule has 0 spiro atoms. The average molecular weight is 312 g/mol. The normalized spacial score (nSPS) is 10.2. The number of rotatable bonds is 7. The zero-order valence-corrected chi connectivity index (χ0v) is 14.0. The second-order valence-electron chi connectivity index (χ2n) is 5.48. The fourth-order valence-corrected chi connectivity index (χ4v) is 2.32. The van der Waals surface area contributed by atoms with E-state index in [0.29, 0.717) is 13.0 Å². The van der Waals surface area contributed by atoms with Crippen LogP contribution in [0.4, 0.5) is 11.4 Å². The maximum atomic E-state index is 12.0. The molecule has 0 saturated heterocycles. The van der Waals surface area contributed by atoms with Crippen LogP contribution in [0.15, 0.2) is 42.5 Å². The predicted molar refractivity (Wildman–Crippen MR) is 95.3 cm³/mol. The third-order valence-electron chi connectivity index (χ3n) is 3.67. The van der Waals surface area contributed by atoms with Crippen LogP contribution in [0.2, 0.25) is 0 Å². The van der Waals surface area contributed by atoms with E-state index in [1.165, 1.54) is 5.56 Å². The molecule has 0 aliphatic heterocycles. The number of benzene rings is 2. The molecule has 2 rings (SSSR count). The van der Waals surface area contributed by atoms with Crippen molar-refractivity contribution in [3.05, 3.63) is 53.6 Å². The van der Waals surface area contributed by atoms with Gasteiger partial charge in [-0.25, -0.2) is 0 Å². The highest BCUT2D eigenvalue weighted by molar-refractivity contribution is 5.91. The van der Waals surface area contributed by atoms with Crippen LogP contribution in [-0.4, -0.2) is 19.6 Å². The summed E-state index contributed by atoms with van der Waals surface area (Å²) in [5, 5.41) is 6.16. The van der Waals surface area contributed by atoms with Crippen molar-refractivity contribution in [3.8, 4) is 5.75 Å². The second-order valence-corrected chi connectivity index (χ2v) is 5.48. The minimum atomic E-state index is -0.00614. The summed E-state index contributed by atoms with van der Waals surface area (Å²) in [7, 11) is 1.64. The van der Waals surface area contributed by atoms with Crippen LogP contribution in [0, 0.1) is 6.92 Å². The van der Waals surface area contributed by atoms with E-state index in [1.807, 2.05) is 49.4 Å². The van der Waals surface area contributed by atoms with E-state index < -0.39 is 0 Å². The first-order valence-electron chi connectivity index (χ1n) is 7.89. The molecular formula is C19H24N2O2. The SMILES string of the molecule is CCc1ccc(NC(=O)CCNc2cc(C)ccc2OC)cc1. The first-order chi connectivity index (χ1) is 11.1. The van der Waals surface area contributed by atoms with Crippen molar-refractivity contribution in [1.82, 2.24) is 0 Å². The summed E-state index contributed by atoms with van der Waals surface area (Å²) in [5.74, 6) is 0.777. The molecule has 0 radical (unpaired) electrons. The van der Waals surface area contributed by atoms with Crippen LogP contribution in [0.1, 0.15) is 24.5 Å². The molecular weight excluding hydrogens is 288 g/mol. The second kappa shape index (κ2) is 8.22. The van der Waals surface area contributed by atoms with Crippen LogP contribution in [0.5, 0.6) is 5.75 Å². The number of carbonyl (C=O) groups is 1. The Kier molecular flexibility index (Phi) is 6.03. The van der Waals surface area contributed by atoms with Gasteiger partial charge in [0.05, 0.1) is 12.8 Å². The maximum absolute atomic E-state index is 12.0. The standard InChI is InChI=1S/C19H24N2O2/c1-4-15-6-8-16(9-7-15)21-19(22)11-12-20-17-13-14(2)5-10-18(17)23-3/h5-10,13,20H,4,11-12H2,1-3H3,(H,21,22). The van der Waals surface area contributed by atoms with Gasteiger partial charge >= 0.3 is 0 Å². The molecule has 2 aromatic rings. The number of ether oxygens (including phenoxy) is 1. The van der Waals surface area contributed by atoms with E-state index in [1.54, 1.807) is 7.11 Å². The highest BCUT2D eigenvalue weighted by Crippen LogP contribution is 2.25. The van der Waals surface area contributed by atoms with Gasteiger partial charge in [0.15, 0.2) is 0 Å². The monoisotopic (exact) mass is 312 g/mol. The average Bonchev–Trinajstić information content (AvgIpc) is 2.56. The number of amides is 1. The van der Waals surface area contributed by atoms with Gasteiger partial charge in [-0.05, 0) is 48.7 Å². The molecule has 2 aromatic carbocycles. The smallest absolute Gasteiger partial charge is 0.226 e. The molecule has 0 fully saturated rings. The van der Waals surface area contributed by atoms with Crippen molar-refractivity contribution in [2.75, 3.05) is 24.3 Å². The van der Waals surface area contributed by atoms with Crippen molar-refractivity contribution in [2.24, 2.45) is 0 Å². The van der Waals surface area contributed by atoms with Crippen molar-refractivity contribution >= 4 is 17.3 Å². The largest absolute Gasteiger partial charge is 0.495 e. The lowest BCUT2D eigenvalue weighted by molar-refractivity contribution is -0.115. The first-order valence-corrected chi connectivity index (χ1v) is 7.89. The van der Waals surface area contributed by atoms with E-state index >= 15 is 0 Å². The molecule has 0 aromatic heterocycles. The Morgan fingerprint density at radius 2 is 1.87 bits per heavy atom. The van der Waals surface area contributed by atoms with Crippen molar-refractivity contribution < 1.29 is 9.53 Å². The number of nitrogens with one attached hydrogen (secondary N) is 2. The topological polar surface area (TPSA) is 50.4 Å². The minimum absolute atomic E-state index is 0.00614. The Morgan fingerprint density at radius 3 is 2.52 bits per heavy atom. The molecule has 122 valence electrons. The molecule has 23 heavy (non-hydrogen) atoms. The van der Waals surface area contributed by atoms with E-state index in [0.717, 1.165) is 29.1 Å². The van der Waals surface area contributed by atoms with Gasteiger partial charge in [0.25, 0.3) is 0 Å². The molecule has 4 heteroatoms. The Labute approximate surface area is 137 Å². The van der Waals surface area contributed by atoms with Crippen LogP contribution in [-0.2, 0) is 11.2 Å². The number of methoxy groups -OCH3 is 1. The quantitative estimate of drug-likeness (QED) is 0.812. The Morgan fingerprint density at radius 1 is 1.13 bits per heavy atom. The van der Waals surface area contributed by atoms with Crippen molar-refractivity contribution in [3.63, 3.8) is 0 Å². The number of carbonyl (C=O) groups excluding carboxylic acids is 1. The molecule has 2 N–H and O–H groups in total. The van der Waals surface area contributed by atoms with E-state index in [2.05, 4.69) is 17.6 Å². The first kappa shape index (κ1) is 16.9. The van der Waals surface area contributed by atoms with E-state index in [-0.39, 0.29) is 5.91 Å². The molecule has 0 bridgehead atoms. The summed E-state index contributed by atoms with van der Waals surface area (Å²) >= 11 is 0. The molecule has 0 unspecified atom stereocenters. The lowest BCUT2D eigenvalue weighted by atomic mass is 10.1. The van der Waals surface area contributed by atoms with Crippen LogP contribution in [0.25, 0.3) is 0 Å². The molecule has 0 heterocycles. The van der Waals surface area contributed by atoms with Gasteiger partial charge in [0.1, 0.15) is 5.75 Å². The zero-order chi connectivity index (χ0) is 16.7. The number of hydrogen-bond donors (Lipinski definition) is 2. The molecule has 1 amide bonds. The van der Waals surface area contributed by atoms with Crippen LogP contribution < -0.4 is 15.4 Å². The highest BCUT2D eigenvalue weighted by Gasteiger charge is 2.05. The van der Waals surface area contributed by atoms with Gasteiger partial charge in [-0.1, -0.05) is 25.1 Å². The fraction of sp³-hybridized carbons (Fsp3) is 0.316. The lowest BCUT2D eigenvalue weighted by Gasteiger charge is -2.12. The van der Waals surface area contributed by atoms with Gasteiger partial charge in [0.2, 0.25) is 5.91 Å². The van der Waals surface area contributed by atoms with Gasteiger partial charge in [-0.15, -0.1) is 0 Å². The fourth-order valence-electron chi connectivity index (χ4n) is 2.32. The Bertz CT molecular complexity index is 651. The summed E-state index contributed by atoms with van der Waals surface area (Å²) in [4.78, 5) is 12.0. The predicted octanol–water partition coefficient (Wildman–Crippen LogP) is 4.01. The van der Waals surface area contributed by atoms with Gasteiger partial charge in [-0.2, -0.15) is 0 Å². The Balaban J connectivity index is 1.83. The number of aryl methyl sites for hydroxylation is 2. The third-order valence-corrected chi connectivity index (χ3v) is 3.67. The highest BCUT2D eigenvalue weighted by atomic mass is 16.5. The summed E-state index contributed by atoms with van der Waals surface area (Å²) in [5.41, 5.74) is 4.15. The summed E-state index contributed by atoms with van der Waals surface area (Å²) in [6.07, 6.45) is 1.39. The van der Waals surface area contributed by atoms with Crippen LogP contribution >= 0.6 is 0 Å². The van der Waals surface area contributed by atoms with Crippen molar-refractivity contribution in [2.45, 2.75) is 26.7 Å². The van der Waals surface area contributed by atoms with Gasteiger partial charge in [0, 0.05) is 18.7 Å². The van der Waals surface area contributed by atoms with Gasteiger partial charge < -0.3 is 15.4 Å². The Hall–Kier alpha value is -2.49. The lowest BCUT2D eigenvalue weighted by Crippen LogP contribution is -2.16. The zero-order valence-electron chi connectivity index (χ0n) is 14.0. The molecule has 0 saturated carbocycles. The maximum Gasteiger partial charge on any atom is 0.226 e. The number of hydrogen-bond acceptors (Lipinski definition) is 3.